The van der Waals surface area contributed by atoms with Gasteiger partial charge in [-0.3, -0.25) is 4.72 Å². The van der Waals surface area contributed by atoms with Gasteiger partial charge >= 0.3 is 5.97 Å². The molecular weight excluding hydrogens is 242 g/mol. The number of aromatic carboxylic acids is 1. The maximum absolute atomic E-state index is 11.6. The summed E-state index contributed by atoms with van der Waals surface area (Å²) >= 11 is 0. The summed E-state index contributed by atoms with van der Waals surface area (Å²) in [6.07, 6.45) is 0.476. The average molecular weight is 257 g/mol. The van der Waals surface area contributed by atoms with Crippen molar-refractivity contribution in [1.29, 1.82) is 0 Å². The molecular formula is C11H15NO4S. The van der Waals surface area contributed by atoms with Crippen LogP contribution < -0.4 is 4.72 Å². The molecule has 1 aromatic rings. The van der Waals surface area contributed by atoms with Crippen LogP contribution in [0, 0.1) is 6.92 Å². The number of hydrogen-bond donors (Lipinski definition) is 2. The monoisotopic (exact) mass is 257 g/mol. The fourth-order valence-corrected chi connectivity index (χ4v) is 2.67. The Kier molecular flexibility index (Phi) is 4.11. The van der Waals surface area contributed by atoms with E-state index < -0.39 is 16.0 Å². The summed E-state index contributed by atoms with van der Waals surface area (Å²) in [5.41, 5.74) is 0.632. The minimum Gasteiger partial charge on any atom is -0.478 e. The van der Waals surface area contributed by atoms with Crippen molar-refractivity contribution in [1.82, 2.24) is 0 Å². The Hall–Kier alpha value is -1.56. The van der Waals surface area contributed by atoms with Crippen LogP contribution in [0.5, 0.6) is 0 Å². The van der Waals surface area contributed by atoms with E-state index in [-0.39, 0.29) is 17.0 Å². The molecule has 0 saturated carbocycles. The smallest absolute Gasteiger partial charge is 0.338 e. The van der Waals surface area contributed by atoms with Gasteiger partial charge in [-0.05, 0) is 25.0 Å². The molecule has 0 atom stereocenters. The Balaban J connectivity index is 3.16. The van der Waals surface area contributed by atoms with Gasteiger partial charge in [-0.25, -0.2) is 13.2 Å². The van der Waals surface area contributed by atoms with Crippen LogP contribution in [-0.2, 0) is 10.0 Å². The van der Waals surface area contributed by atoms with Crippen LogP contribution in [0.4, 0.5) is 5.69 Å². The molecule has 0 fully saturated rings. The van der Waals surface area contributed by atoms with Crippen LogP contribution in [0.3, 0.4) is 0 Å². The summed E-state index contributed by atoms with van der Waals surface area (Å²) in [5, 5.41) is 9.04. The average Bonchev–Trinajstić information content (AvgIpc) is 2.15. The zero-order valence-electron chi connectivity index (χ0n) is 9.73. The zero-order chi connectivity index (χ0) is 13.1. The Labute approximate surface area is 101 Å². The lowest BCUT2D eigenvalue weighted by Gasteiger charge is -2.11. The highest BCUT2D eigenvalue weighted by atomic mass is 32.2. The van der Waals surface area contributed by atoms with Crippen LogP contribution in [0.25, 0.3) is 0 Å². The van der Waals surface area contributed by atoms with Crippen LogP contribution >= 0.6 is 0 Å². The minimum atomic E-state index is -3.47. The first-order valence-electron chi connectivity index (χ1n) is 5.20. The van der Waals surface area contributed by atoms with Crippen molar-refractivity contribution in [2.24, 2.45) is 0 Å². The standard InChI is InChI=1S/C11H15NO4S/c1-3-7-17(15,16)12-9-6-4-5-8(2)10(9)11(13)14/h4-6,12H,3,7H2,1-2H3,(H,13,14). The van der Waals surface area contributed by atoms with Crippen molar-refractivity contribution in [2.75, 3.05) is 10.5 Å². The molecule has 0 bridgehead atoms. The molecule has 6 heteroatoms. The van der Waals surface area contributed by atoms with E-state index in [9.17, 15) is 13.2 Å². The summed E-state index contributed by atoms with van der Waals surface area (Å²) in [6.45, 7) is 3.37. The van der Waals surface area contributed by atoms with E-state index in [0.717, 1.165) is 0 Å². The summed E-state index contributed by atoms with van der Waals surface area (Å²) in [4.78, 5) is 11.1. The van der Waals surface area contributed by atoms with E-state index in [4.69, 9.17) is 5.11 Å². The Morgan fingerprint density at radius 1 is 1.41 bits per heavy atom. The van der Waals surface area contributed by atoms with E-state index >= 15 is 0 Å². The predicted octanol–water partition coefficient (Wildman–Crippen LogP) is 1.84. The molecule has 0 heterocycles. The number of carboxylic acids is 1. The Morgan fingerprint density at radius 2 is 2.06 bits per heavy atom. The third-order valence-electron chi connectivity index (χ3n) is 2.22. The molecule has 0 amide bonds. The number of hydrogen-bond acceptors (Lipinski definition) is 3. The van der Waals surface area contributed by atoms with Gasteiger partial charge in [0, 0.05) is 0 Å². The normalized spacial score (nSPS) is 11.2. The maximum atomic E-state index is 11.6. The molecule has 0 spiro atoms. The van der Waals surface area contributed by atoms with E-state index in [1.54, 1.807) is 26.0 Å². The van der Waals surface area contributed by atoms with Crippen LogP contribution in [-0.4, -0.2) is 25.2 Å². The molecule has 0 aliphatic rings. The number of aryl methyl sites for hydroxylation is 1. The van der Waals surface area contributed by atoms with Crippen LogP contribution in [0.2, 0.25) is 0 Å². The third kappa shape index (κ3) is 3.45. The lowest BCUT2D eigenvalue weighted by atomic mass is 10.1. The predicted molar refractivity (Wildman–Crippen MR) is 65.8 cm³/mol. The molecule has 0 aromatic heterocycles. The van der Waals surface area contributed by atoms with Crippen molar-refractivity contribution >= 4 is 21.7 Å². The van der Waals surface area contributed by atoms with Gasteiger partial charge < -0.3 is 5.11 Å². The number of sulfonamides is 1. The molecule has 1 rings (SSSR count). The van der Waals surface area contributed by atoms with Gasteiger partial charge in [-0.15, -0.1) is 0 Å². The molecule has 0 unspecified atom stereocenters. The first-order chi connectivity index (χ1) is 7.87. The van der Waals surface area contributed by atoms with Crippen molar-refractivity contribution in [3.8, 4) is 0 Å². The highest BCUT2D eigenvalue weighted by molar-refractivity contribution is 7.92. The molecule has 0 saturated heterocycles. The molecule has 5 nitrogen and oxygen atoms in total. The van der Waals surface area contributed by atoms with E-state index in [1.165, 1.54) is 6.07 Å². The summed E-state index contributed by atoms with van der Waals surface area (Å²) in [7, 11) is -3.47. The molecule has 1 aromatic carbocycles. The second-order valence-electron chi connectivity index (χ2n) is 3.72. The zero-order valence-corrected chi connectivity index (χ0v) is 10.5. The molecule has 17 heavy (non-hydrogen) atoms. The molecule has 2 N–H and O–H groups in total. The third-order valence-corrected chi connectivity index (χ3v) is 3.70. The number of rotatable bonds is 5. The summed E-state index contributed by atoms with van der Waals surface area (Å²) in [5.74, 6) is -1.17. The van der Waals surface area contributed by atoms with Gasteiger partial charge in [-0.2, -0.15) is 0 Å². The van der Waals surface area contributed by atoms with E-state index in [2.05, 4.69) is 4.72 Å². The summed E-state index contributed by atoms with van der Waals surface area (Å²) < 4.78 is 25.5. The maximum Gasteiger partial charge on any atom is 0.338 e. The Bertz CT molecular complexity index is 522. The minimum absolute atomic E-state index is 0.00724. The second kappa shape index (κ2) is 5.18. The fourth-order valence-electron chi connectivity index (χ4n) is 1.52. The van der Waals surface area contributed by atoms with Crippen molar-refractivity contribution in [3.63, 3.8) is 0 Å². The van der Waals surface area contributed by atoms with Gasteiger partial charge in [0.1, 0.15) is 0 Å². The van der Waals surface area contributed by atoms with Gasteiger partial charge in [0.05, 0.1) is 17.0 Å². The van der Waals surface area contributed by atoms with E-state index in [1.807, 2.05) is 0 Å². The summed E-state index contributed by atoms with van der Waals surface area (Å²) in [6, 6.07) is 4.69. The van der Waals surface area contributed by atoms with Crippen LogP contribution in [0.15, 0.2) is 18.2 Å². The molecule has 0 aliphatic carbocycles. The van der Waals surface area contributed by atoms with Crippen LogP contribution in [0.1, 0.15) is 29.3 Å². The van der Waals surface area contributed by atoms with Gasteiger partial charge in [0.2, 0.25) is 10.0 Å². The lowest BCUT2D eigenvalue weighted by molar-refractivity contribution is 0.0697. The molecule has 0 radical (unpaired) electrons. The van der Waals surface area contributed by atoms with E-state index in [0.29, 0.717) is 12.0 Å². The highest BCUT2D eigenvalue weighted by Crippen LogP contribution is 2.20. The SMILES string of the molecule is CCCS(=O)(=O)Nc1cccc(C)c1C(=O)O. The van der Waals surface area contributed by atoms with Crippen molar-refractivity contribution in [3.05, 3.63) is 29.3 Å². The van der Waals surface area contributed by atoms with Crippen molar-refractivity contribution < 1.29 is 18.3 Å². The first-order valence-corrected chi connectivity index (χ1v) is 6.86. The lowest BCUT2D eigenvalue weighted by Crippen LogP contribution is -2.18. The second-order valence-corrected chi connectivity index (χ2v) is 5.57. The fraction of sp³-hybridized carbons (Fsp3) is 0.364. The van der Waals surface area contributed by atoms with Crippen molar-refractivity contribution in [2.45, 2.75) is 20.3 Å². The number of nitrogens with one attached hydrogen (secondary N) is 1. The largest absolute Gasteiger partial charge is 0.478 e. The number of carboxylic acid groups (broad SMARTS) is 1. The molecule has 0 aliphatic heterocycles. The first kappa shape index (κ1) is 13.5. The highest BCUT2D eigenvalue weighted by Gasteiger charge is 2.17. The topological polar surface area (TPSA) is 83.5 Å². The number of anilines is 1. The van der Waals surface area contributed by atoms with Gasteiger partial charge in [-0.1, -0.05) is 19.1 Å². The quantitative estimate of drug-likeness (QED) is 0.843. The number of carbonyl (C=O) groups is 1. The number of benzene rings is 1. The Morgan fingerprint density at radius 3 is 2.59 bits per heavy atom. The van der Waals surface area contributed by atoms with Gasteiger partial charge in [0.25, 0.3) is 0 Å². The van der Waals surface area contributed by atoms with Gasteiger partial charge in [0.15, 0.2) is 0 Å². The molecule has 94 valence electrons.